The minimum Gasteiger partial charge on any atom is -0.381 e. The van der Waals surface area contributed by atoms with Gasteiger partial charge in [-0.3, -0.25) is 0 Å². The van der Waals surface area contributed by atoms with Crippen molar-refractivity contribution in [1.82, 2.24) is 0 Å². The first-order valence-electron chi connectivity index (χ1n) is 6.86. The summed E-state index contributed by atoms with van der Waals surface area (Å²) < 4.78 is 19.1. The summed E-state index contributed by atoms with van der Waals surface area (Å²) in [4.78, 5) is 2.29. The Morgan fingerprint density at radius 1 is 1.37 bits per heavy atom. The average molecular weight is 266 g/mol. The van der Waals surface area contributed by atoms with Gasteiger partial charge in [-0.2, -0.15) is 0 Å². The van der Waals surface area contributed by atoms with Crippen LogP contribution in [0.25, 0.3) is 0 Å². The van der Waals surface area contributed by atoms with Crippen molar-refractivity contribution in [2.24, 2.45) is 5.73 Å². The Hall–Kier alpha value is -1.13. The lowest BCUT2D eigenvalue weighted by Crippen LogP contribution is -2.37. The second-order valence-electron chi connectivity index (χ2n) is 5.37. The van der Waals surface area contributed by atoms with E-state index in [9.17, 15) is 4.39 Å². The number of nitrogens with zero attached hydrogens (tertiary/aromatic N) is 1. The first kappa shape index (κ1) is 14.3. The molecule has 1 aliphatic heterocycles. The highest BCUT2D eigenvalue weighted by molar-refractivity contribution is 5.57. The van der Waals surface area contributed by atoms with Crippen molar-refractivity contribution in [3.8, 4) is 0 Å². The van der Waals surface area contributed by atoms with Crippen molar-refractivity contribution in [1.29, 1.82) is 0 Å². The fourth-order valence-electron chi connectivity index (χ4n) is 2.65. The van der Waals surface area contributed by atoms with E-state index in [1.807, 2.05) is 13.0 Å². The highest BCUT2D eigenvalue weighted by atomic mass is 19.1. The summed E-state index contributed by atoms with van der Waals surface area (Å²) in [5.41, 5.74) is 8.61. The number of nitrogens with two attached hydrogens (primary N) is 1. The molecule has 0 unspecified atom stereocenters. The van der Waals surface area contributed by atoms with E-state index in [0.29, 0.717) is 11.7 Å². The predicted molar refractivity (Wildman–Crippen MR) is 76.0 cm³/mol. The molecule has 1 fully saturated rings. The van der Waals surface area contributed by atoms with Crippen LogP contribution in [0.4, 0.5) is 10.1 Å². The number of methoxy groups -OCH3 is 1. The summed E-state index contributed by atoms with van der Waals surface area (Å²) in [6.45, 7) is 5.56. The van der Waals surface area contributed by atoms with Crippen LogP contribution in [0.5, 0.6) is 0 Å². The first-order valence-corrected chi connectivity index (χ1v) is 6.86. The molecule has 0 aliphatic carbocycles. The van der Waals surface area contributed by atoms with Gasteiger partial charge in [0.2, 0.25) is 0 Å². The monoisotopic (exact) mass is 266 g/mol. The Morgan fingerprint density at radius 2 is 2.00 bits per heavy atom. The van der Waals surface area contributed by atoms with Crippen molar-refractivity contribution in [3.05, 3.63) is 29.1 Å². The van der Waals surface area contributed by atoms with Gasteiger partial charge in [-0.15, -0.1) is 0 Å². The van der Waals surface area contributed by atoms with E-state index in [2.05, 4.69) is 4.90 Å². The molecule has 3 nitrogen and oxygen atoms in total. The molecule has 0 saturated carbocycles. The summed E-state index contributed by atoms with van der Waals surface area (Å²) in [7, 11) is 1.76. The lowest BCUT2D eigenvalue weighted by Gasteiger charge is -2.35. The number of hydrogen-bond donors (Lipinski definition) is 1. The fourth-order valence-corrected chi connectivity index (χ4v) is 2.65. The summed E-state index contributed by atoms with van der Waals surface area (Å²) in [5.74, 6) is -0.178. The molecule has 0 spiro atoms. The van der Waals surface area contributed by atoms with Crippen LogP contribution >= 0.6 is 0 Å². The van der Waals surface area contributed by atoms with Gasteiger partial charge < -0.3 is 15.4 Å². The molecule has 1 heterocycles. The summed E-state index contributed by atoms with van der Waals surface area (Å²) >= 11 is 0. The van der Waals surface area contributed by atoms with Gasteiger partial charge in [-0.1, -0.05) is 0 Å². The molecular weight excluding hydrogens is 243 g/mol. The standard InChI is InChI=1S/C15H23FN2O/c1-10-8-15(13(11(2)17)9-14(10)16)18-6-4-12(19-3)5-7-18/h8-9,11-12H,4-7,17H2,1-3H3/t11-/m1/s1. The van der Waals surface area contributed by atoms with Crippen LogP contribution in [0.3, 0.4) is 0 Å². The Morgan fingerprint density at radius 3 is 2.53 bits per heavy atom. The van der Waals surface area contributed by atoms with Crippen molar-refractivity contribution in [3.63, 3.8) is 0 Å². The third kappa shape index (κ3) is 3.07. The predicted octanol–water partition coefficient (Wildman–Crippen LogP) is 2.77. The molecular formula is C15H23FN2O. The van der Waals surface area contributed by atoms with Gasteiger partial charge in [-0.05, 0) is 49.9 Å². The Kier molecular flexibility index (Phi) is 4.42. The molecule has 2 N–H and O–H groups in total. The minimum absolute atomic E-state index is 0.162. The van der Waals surface area contributed by atoms with Gasteiger partial charge in [0.1, 0.15) is 5.82 Å². The molecule has 4 heteroatoms. The Bertz CT molecular complexity index is 440. The van der Waals surface area contributed by atoms with Crippen LogP contribution in [0, 0.1) is 12.7 Å². The minimum atomic E-state index is -0.178. The summed E-state index contributed by atoms with van der Waals surface area (Å²) in [6.07, 6.45) is 2.35. The summed E-state index contributed by atoms with van der Waals surface area (Å²) in [5, 5.41) is 0. The van der Waals surface area contributed by atoms with Crippen LogP contribution in [0.1, 0.15) is 36.9 Å². The third-order valence-electron chi connectivity index (χ3n) is 3.91. The number of halogens is 1. The number of anilines is 1. The summed E-state index contributed by atoms with van der Waals surface area (Å²) in [6, 6.07) is 3.34. The number of benzene rings is 1. The van der Waals surface area contributed by atoms with Gasteiger partial charge in [0, 0.05) is 31.9 Å². The number of hydrogen-bond acceptors (Lipinski definition) is 3. The molecule has 0 amide bonds. The number of piperidine rings is 1. The SMILES string of the molecule is COC1CCN(c2cc(C)c(F)cc2[C@@H](C)N)CC1. The first-order chi connectivity index (χ1) is 9.02. The van der Waals surface area contributed by atoms with Crippen LogP contribution in [0.15, 0.2) is 12.1 Å². The molecule has 1 aromatic rings. The van der Waals surface area contributed by atoms with Crippen LogP contribution in [-0.4, -0.2) is 26.3 Å². The van der Waals surface area contributed by atoms with E-state index < -0.39 is 0 Å². The zero-order valence-electron chi connectivity index (χ0n) is 11.9. The van der Waals surface area contributed by atoms with Gasteiger partial charge in [0.15, 0.2) is 0 Å². The highest BCUT2D eigenvalue weighted by Crippen LogP contribution is 2.30. The molecule has 1 aromatic carbocycles. The quantitative estimate of drug-likeness (QED) is 0.914. The normalized spacial score (nSPS) is 18.7. The maximum Gasteiger partial charge on any atom is 0.126 e. The van der Waals surface area contributed by atoms with Crippen LogP contribution < -0.4 is 10.6 Å². The van der Waals surface area contributed by atoms with Crippen LogP contribution in [-0.2, 0) is 4.74 Å². The molecule has 1 atom stereocenters. The smallest absolute Gasteiger partial charge is 0.126 e. The van der Waals surface area contributed by atoms with Gasteiger partial charge >= 0.3 is 0 Å². The Balaban J connectivity index is 2.26. The highest BCUT2D eigenvalue weighted by Gasteiger charge is 2.22. The molecule has 1 aliphatic rings. The number of ether oxygens (including phenoxy) is 1. The molecule has 106 valence electrons. The van der Waals surface area contributed by atoms with E-state index in [-0.39, 0.29) is 11.9 Å². The average Bonchev–Trinajstić information content (AvgIpc) is 2.41. The zero-order valence-corrected chi connectivity index (χ0v) is 11.9. The van der Waals surface area contributed by atoms with E-state index >= 15 is 0 Å². The van der Waals surface area contributed by atoms with Crippen molar-refractivity contribution < 1.29 is 9.13 Å². The second-order valence-corrected chi connectivity index (χ2v) is 5.37. The second kappa shape index (κ2) is 5.88. The number of rotatable bonds is 3. The van der Waals surface area contributed by atoms with Gasteiger partial charge in [0.05, 0.1) is 6.10 Å². The lowest BCUT2D eigenvalue weighted by atomic mass is 10.00. The fraction of sp³-hybridized carbons (Fsp3) is 0.600. The van der Waals surface area contributed by atoms with Crippen molar-refractivity contribution in [2.45, 2.75) is 38.8 Å². The van der Waals surface area contributed by atoms with Gasteiger partial charge in [0.25, 0.3) is 0 Å². The molecule has 0 aromatic heterocycles. The zero-order chi connectivity index (χ0) is 14.0. The Labute approximate surface area is 114 Å². The lowest BCUT2D eigenvalue weighted by molar-refractivity contribution is 0.0819. The third-order valence-corrected chi connectivity index (χ3v) is 3.91. The van der Waals surface area contributed by atoms with E-state index in [1.165, 1.54) is 0 Å². The van der Waals surface area contributed by atoms with Crippen molar-refractivity contribution >= 4 is 5.69 Å². The van der Waals surface area contributed by atoms with E-state index in [4.69, 9.17) is 10.5 Å². The number of aryl methyl sites for hydroxylation is 1. The van der Waals surface area contributed by atoms with Gasteiger partial charge in [-0.25, -0.2) is 4.39 Å². The molecule has 19 heavy (non-hydrogen) atoms. The topological polar surface area (TPSA) is 38.5 Å². The molecule has 0 radical (unpaired) electrons. The molecule has 2 rings (SSSR count). The maximum atomic E-state index is 13.7. The largest absolute Gasteiger partial charge is 0.381 e. The van der Waals surface area contributed by atoms with Crippen molar-refractivity contribution in [2.75, 3.05) is 25.1 Å². The maximum absolute atomic E-state index is 13.7. The van der Waals surface area contributed by atoms with E-state index in [0.717, 1.165) is 37.2 Å². The van der Waals surface area contributed by atoms with Crippen LogP contribution in [0.2, 0.25) is 0 Å². The molecule has 0 bridgehead atoms. The van der Waals surface area contributed by atoms with E-state index in [1.54, 1.807) is 20.1 Å². The molecule has 1 saturated heterocycles.